The average molecular weight is 187 g/mol. The number of aliphatic carboxylic acids is 1. The predicted molar refractivity (Wildman–Crippen MR) is 43.1 cm³/mol. The van der Waals surface area contributed by atoms with Crippen LogP contribution in [-0.2, 0) is 9.59 Å². The first-order chi connectivity index (χ1) is 6.00. The summed E-state index contributed by atoms with van der Waals surface area (Å²) in [4.78, 5) is 20.8. The van der Waals surface area contributed by atoms with Gasteiger partial charge in [0.2, 0.25) is 11.5 Å². The lowest BCUT2D eigenvalue weighted by Gasteiger charge is -2.01. The first kappa shape index (κ1) is 11.0. The molecule has 13 heavy (non-hydrogen) atoms. The van der Waals surface area contributed by atoms with Crippen LogP contribution in [0, 0.1) is 0 Å². The van der Waals surface area contributed by atoms with Crippen LogP contribution in [0.25, 0.3) is 0 Å². The number of carboxylic acid groups (broad SMARTS) is 1. The molecule has 0 saturated carbocycles. The quantitative estimate of drug-likeness (QED) is 0.274. The Morgan fingerprint density at radius 2 is 1.77 bits per heavy atom. The van der Waals surface area contributed by atoms with Crippen molar-refractivity contribution in [3.05, 3.63) is 24.2 Å². The Labute approximate surface area is 73.8 Å². The van der Waals surface area contributed by atoms with E-state index in [1.54, 1.807) is 0 Å². The largest absolute Gasteiger partial charge is 0.500 e. The Bertz CT molecular complexity index is 268. The normalized spacial score (nSPS) is 11.4. The molecule has 0 aromatic carbocycles. The van der Waals surface area contributed by atoms with E-state index in [-0.39, 0.29) is 6.54 Å². The van der Waals surface area contributed by atoms with E-state index in [1.165, 1.54) is 6.08 Å². The van der Waals surface area contributed by atoms with Gasteiger partial charge < -0.3 is 20.6 Å². The number of carbonyl (C=O) groups is 2. The van der Waals surface area contributed by atoms with Crippen molar-refractivity contribution in [3.8, 4) is 0 Å². The van der Waals surface area contributed by atoms with E-state index in [9.17, 15) is 9.59 Å². The topological polar surface area (TPSA) is 107 Å². The van der Waals surface area contributed by atoms with Crippen molar-refractivity contribution >= 4 is 11.9 Å². The second-order valence-electron chi connectivity index (χ2n) is 2.00. The maximum Gasteiger partial charge on any atom is 0.375 e. The molecule has 0 unspecified atom stereocenters. The zero-order valence-corrected chi connectivity index (χ0v) is 6.65. The van der Waals surface area contributed by atoms with Crippen LogP contribution in [-0.4, -0.2) is 33.7 Å². The molecule has 4 N–H and O–H groups in total. The molecule has 0 saturated heterocycles. The summed E-state index contributed by atoms with van der Waals surface area (Å²) < 4.78 is 0. The summed E-state index contributed by atoms with van der Waals surface area (Å²) in [5.41, 5.74) is 0. The zero-order chi connectivity index (χ0) is 10.4. The number of hydrogen-bond acceptors (Lipinski definition) is 4. The first-order valence-electron chi connectivity index (χ1n) is 3.25. The molecule has 0 rings (SSSR count). The summed E-state index contributed by atoms with van der Waals surface area (Å²) >= 11 is 0. The number of amides is 1. The minimum absolute atomic E-state index is 0.0653. The number of carboxylic acids is 1. The molecular formula is C7H9NO5. The SMILES string of the molecule is C=CCNC(=O)/C(O)=C(/O)C(=O)O. The lowest BCUT2D eigenvalue weighted by molar-refractivity contribution is -0.136. The van der Waals surface area contributed by atoms with E-state index in [0.29, 0.717) is 0 Å². The summed E-state index contributed by atoms with van der Waals surface area (Å²) in [7, 11) is 0. The third kappa shape index (κ3) is 3.28. The van der Waals surface area contributed by atoms with E-state index in [4.69, 9.17) is 15.3 Å². The summed E-state index contributed by atoms with van der Waals surface area (Å²) in [6, 6.07) is 0. The average Bonchev–Trinajstić information content (AvgIpc) is 2.11. The summed E-state index contributed by atoms with van der Waals surface area (Å²) in [6.07, 6.45) is 1.34. The fourth-order valence-corrected chi connectivity index (χ4v) is 0.457. The monoisotopic (exact) mass is 187 g/mol. The van der Waals surface area contributed by atoms with Crippen molar-refractivity contribution in [2.45, 2.75) is 0 Å². The number of aliphatic hydroxyl groups is 2. The molecule has 0 aromatic heterocycles. The van der Waals surface area contributed by atoms with Gasteiger partial charge >= 0.3 is 5.97 Å². The van der Waals surface area contributed by atoms with Crippen molar-refractivity contribution in [2.75, 3.05) is 6.54 Å². The Balaban J connectivity index is 4.48. The van der Waals surface area contributed by atoms with Gasteiger partial charge in [0.15, 0.2) is 0 Å². The van der Waals surface area contributed by atoms with Gasteiger partial charge in [-0.05, 0) is 0 Å². The predicted octanol–water partition coefficient (Wildman–Crippen LogP) is -0.299. The first-order valence-corrected chi connectivity index (χ1v) is 3.25. The van der Waals surface area contributed by atoms with Gasteiger partial charge in [-0.3, -0.25) is 4.79 Å². The van der Waals surface area contributed by atoms with Gasteiger partial charge in [0.05, 0.1) is 0 Å². The van der Waals surface area contributed by atoms with Gasteiger partial charge in [-0.2, -0.15) is 0 Å². The van der Waals surface area contributed by atoms with Crippen molar-refractivity contribution in [2.24, 2.45) is 0 Å². The number of hydrogen-bond donors (Lipinski definition) is 4. The minimum atomic E-state index is -1.77. The molecule has 0 radical (unpaired) electrons. The number of nitrogens with one attached hydrogen (secondary N) is 1. The van der Waals surface area contributed by atoms with E-state index in [1.807, 2.05) is 0 Å². The molecule has 72 valence electrons. The van der Waals surface area contributed by atoms with Crippen LogP contribution < -0.4 is 5.32 Å². The zero-order valence-electron chi connectivity index (χ0n) is 6.65. The molecule has 0 aliphatic heterocycles. The second kappa shape index (κ2) is 4.81. The molecule has 6 nitrogen and oxygen atoms in total. The van der Waals surface area contributed by atoms with Gasteiger partial charge in [0, 0.05) is 6.54 Å². The highest BCUT2D eigenvalue weighted by molar-refractivity contribution is 5.98. The van der Waals surface area contributed by atoms with E-state index < -0.39 is 23.4 Å². The highest BCUT2D eigenvalue weighted by Gasteiger charge is 2.18. The summed E-state index contributed by atoms with van der Waals surface area (Å²) in [5.74, 6) is -5.46. The third-order valence-electron chi connectivity index (χ3n) is 1.05. The smallest absolute Gasteiger partial charge is 0.375 e. The molecule has 0 heterocycles. The standard InChI is InChI=1S/C7H9NO5/c1-2-3-8-6(11)4(9)5(10)7(12)13/h2,9-10H,1,3H2,(H,8,11)(H,12,13)/b5-4-. The van der Waals surface area contributed by atoms with Crippen LogP contribution in [0.2, 0.25) is 0 Å². The Hall–Kier alpha value is -1.98. The van der Waals surface area contributed by atoms with E-state index >= 15 is 0 Å². The van der Waals surface area contributed by atoms with Crippen LogP contribution in [0.4, 0.5) is 0 Å². The van der Waals surface area contributed by atoms with Gasteiger partial charge in [0.25, 0.3) is 5.91 Å². The Kier molecular flexibility index (Phi) is 4.08. The van der Waals surface area contributed by atoms with Crippen LogP contribution in [0.3, 0.4) is 0 Å². The van der Waals surface area contributed by atoms with Gasteiger partial charge in [-0.15, -0.1) is 6.58 Å². The Morgan fingerprint density at radius 3 is 2.15 bits per heavy atom. The maximum atomic E-state index is 10.8. The third-order valence-corrected chi connectivity index (χ3v) is 1.05. The lowest BCUT2D eigenvalue weighted by Crippen LogP contribution is -2.26. The highest BCUT2D eigenvalue weighted by atomic mass is 16.4. The molecule has 0 aliphatic carbocycles. The van der Waals surface area contributed by atoms with Crippen LogP contribution in [0.15, 0.2) is 24.2 Å². The fourth-order valence-electron chi connectivity index (χ4n) is 0.457. The van der Waals surface area contributed by atoms with E-state index in [2.05, 4.69) is 11.9 Å². The molecule has 1 amide bonds. The second-order valence-corrected chi connectivity index (χ2v) is 2.00. The molecule has 0 bridgehead atoms. The lowest BCUT2D eigenvalue weighted by atomic mass is 10.3. The van der Waals surface area contributed by atoms with Gasteiger partial charge in [-0.25, -0.2) is 4.79 Å². The number of carbonyl (C=O) groups excluding carboxylic acids is 1. The van der Waals surface area contributed by atoms with Crippen molar-refractivity contribution in [1.29, 1.82) is 0 Å². The molecular weight excluding hydrogens is 178 g/mol. The van der Waals surface area contributed by atoms with Crippen LogP contribution in [0.5, 0.6) is 0 Å². The maximum absolute atomic E-state index is 10.8. The summed E-state index contributed by atoms with van der Waals surface area (Å²) in [6.45, 7) is 3.35. The molecule has 0 atom stereocenters. The summed E-state index contributed by atoms with van der Waals surface area (Å²) in [5, 5.41) is 27.6. The fraction of sp³-hybridized carbons (Fsp3) is 0.143. The van der Waals surface area contributed by atoms with E-state index in [0.717, 1.165) is 0 Å². The molecule has 0 fully saturated rings. The molecule has 0 spiro atoms. The van der Waals surface area contributed by atoms with Crippen LogP contribution >= 0.6 is 0 Å². The molecule has 0 aliphatic rings. The van der Waals surface area contributed by atoms with Crippen molar-refractivity contribution in [3.63, 3.8) is 0 Å². The van der Waals surface area contributed by atoms with Gasteiger partial charge in [0.1, 0.15) is 0 Å². The number of aliphatic hydroxyl groups excluding tert-OH is 2. The molecule has 0 aromatic rings. The number of rotatable bonds is 4. The van der Waals surface area contributed by atoms with Gasteiger partial charge in [-0.1, -0.05) is 6.08 Å². The Morgan fingerprint density at radius 1 is 1.23 bits per heavy atom. The van der Waals surface area contributed by atoms with Crippen molar-refractivity contribution in [1.82, 2.24) is 5.32 Å². The van der Waals surface area contributed by atoms with Crippen LogP contribution in [0.1, 0.15) is 0 Å². The highest BCUT2D eigenvalue weighted by Crippen LogP contribution is 1.97. The van der Waals surface area contributed by atoms with Crippen molar-refractivity contribution < 1.29 is 24.9 Å². The minimum Gasteiger partial charge on any atom is -0.500 e. The molecule has 6 heteroatoms.